The highest BCUT2D eigenvalue weighted by Gasteiger charge is 2.55. The first-order valence-electron chi connectivity index (χ1n) is 33.2. The molecule has 1 aliphatic heterocycles. The van der Waals surface area contributed by atoms with Crippen LogP contribution >= 0.6 is 0 Å². The maximum atomic E-state index is 2.51. The summed E-state index contributed by atoms with van der Waals surface area (Å²) in [6.07, 6.45) is 0. The maximum Gasteiger partial charge on any atom is 0.180 e. The van der Waals surface area contributed by atoms with Crippen LogP contribution in [0.1, 0.15) is 128 Å². The highest BCUT2D eigenvalue weighted by Crippen LogP contribution is 2.49. The molecule has 4 heteroatoms. The zero-order valence-electron chi connectivity index (χ0n) is 56.1. The molecule has 0 unspecified atom stereocenters. The van der Waals surface area contributed by atoms with Crippen molar-refractivity contribution in [2.75, 3.05) is 9.80 Å². The van der Waals surface area contributed by atoms with Crippen molar-refractivity contribution in [1.29, 1.82) is 0 Å². The van der Waals surface area contributed by atoms with Gasteiger partial charge in [0, 0.05) is 50.6 Å². The summed E-state index contributed by atoms with van der Waals surface area (Å²) >= 11 is 0. The van der Waals surface area contributed by atoms with Crippen LogP contribution in [0.2, 0.25) is 0 Å². The van der Waals surface area contributed by atoms with Gasteiger partial charge < -0.3 is 14.4 Å². The summed E-state index contributed by atoms with van der Waals surface area (Å²) < 4.78 is 2.51. The van der Waals surface area contributed by atoms with Crippen LogP contribution in [0.15, 0.2) is 297 Å². The molecule has 93 heavy (non-hydrogen) atoms. The average Bonchev–Trinajstić information content (AvgIpc) is 1.14. The molecule has 12 aromatic carbocycles. The van der Waals surface area contributed by atoms with E-state index >= 15 is 0 Å². The molecule has 0 bridgehead atoms. The van der Waals surface area contributed by atoms with Crippen molar-refractivity contribution >= 4 is 84.8 Å². The minimum Gasteiger partial charge on any atom is -0.310 e. The number of rotatable bonds is 11. The van der Waals surface area contributed by atoms with Gasteiger partial charge in [0.2, 0.25) is 0 Å². The van der Waals surface area contributed by atoms with E-state index in [1.807, 2.05) is 0 Å². The molecule has 0 fully saturated rings. The van der Waals surface area contributed by atoms with Crippen LogP contribution in [0.25, 0.3) is 27.5 Å². The lowest BCUT2D eigenvalue weighted by molar-refractivity contribution is 0.590. The van der Waals surface area contributed by atoms with Crippen LogP contribution < -0.4 is 30.5 Å². The molecule has 14 rings (SSSR count). The molecular formula is C89H85N3Si. The van der Waals surface area contributed by atoms with Gasteiger partial charge in [-0.1, -0.05) is 283 Å². The van der Waals surface area contributed by atoms with Crippen molar-refractivity contribution in [3.8, 4) is 5.69 Å². The van der Waals surface area contributed by atoms with E-state index in [9.17, 15) is 0 Å². The normalized spacial score (nSPS) is 13.8. The molecule has 0 saturated heterocycles. The molecule has 3 nitrogen and oxygen atoms in total. The first-order valence-corrected chi connectivity index (χ1v) is 35.2. The van der Waals surface area contributed by atoms with Crippen molar-refractivity contribution in [3.05, 3.63) is 342 Å². The Hall–Kier alpha value is -9.74. The fourth-order valence-electron chi connectivity index (χ4n) is 15.0. The van der Waals surface area contributed by atoms with Gasteiger partial charge in [0.25, 0.3) is 0 Å². The number of aromatic nitrogens is 1. The van der Waals surface area contributed by atoms with E-state index in [1.165, 1.54) is 76.0 Å². The molecule has 0 aliphatic carbocycles. The number of nitrogens with zero attached hydrogens (tertiary/aromatic N) is 3. The second-order valence-corrected chi connectivity index (χ2v) is 33.6. The summed E-state index contributed by atoms with van der Waals surface area (Å²) in [7, 11) is -3.09. The molecule has 13 aromatic rings. The quantitative estimate of drug-likeness (QED) is 0.120. The molecule has 0 spiro atoms. The monoisotopic (exact) mass is 1220 g/mol. The third-order valence-electron chi connectivity index (χ3n) is 19.9. The van der Waals surface area contributed by atoms with Crippen molar-refractivity contribution in [1.82, 2.24) is 4.57 Å². The van der Waals surface area contributed by atoms with Crippen LogP contribution in [-0.4, -0.2) is 12.6 Å². The van der Waals surface area contributed by atoms with E-state index in [0.29, 0.717) is 0 Å². The van der Waals surface area contributed by atoms with E-state index in [4.69, 9.17) is 0 Å². The first kappa shape index (κ1) is 60.8. The van der Waals surface area contributed by atoms with Crippen molar-refractivity contribution in [3.63, 3.8) is 0 Å². The van der Waals surface area contributed by atoms with Crippen LogP contribution in [0.5, 0.6) is 0 Å². The molecule has 0 atom stereocenters. The predicted octanol–water partition coefficient (Wildman–Crippen LogP) is 21.0. The summed E-state index contributed by atoms with van der Waals surface area (Å²) in [4.78, 5) is 4.88. The molecule has 460 valence electrons. The summed E-state index contributed by atoms with van der Waals surface area (Å²) in [6.45, 7) is 27.5. The van der Waals surface area contributed by atoms with E-state index in [2.05, 4.69) is 395 Å². The SMILES string of the molecule is CC(C)(C)c1ccc(N(c2ccc(C(C)(C)C)cc2)c2ccc3c(c2)c2cc(N(c4ccc(C(C)(C)C)cc4)c4ccc(C(C)(C)C)cc4)ccc2n3-c2ccc([Si]3(c4ccccc4)c4ccccc4C(c4ccccc4)(c4ccccc4)c4ccccc43)cc2)cc1. The standard InChI is InChI=1S/C89H85N3Si/c1-85(2,3)62-36-44-68(45-37-62)90(69-46-38-63(39-47-69)86(4,5)6)73-54-58-81-77(60-73)78-61-74(91(70-48-40-64(41-49-70)87(7,8)9)71-50-42-65(43-51-71)88(10,11)12)55-59-82(78)92(81)72-52-56-76(57-53-72)93(75-30-20-15-21-31-75)83-34-24-22-32-79(83)89(66-26-16-13-17-27-66,67-28-18-14-19-29-67)80-33-23-25-35-84(80)93/h13-61H,1-12H3. The molecule has 0 saturated carbocycles. The molecule has 0 radical (unpaired) electrons. The number of hydrogen-bond acceptors (Lipinski definition) is 2. The summed E-state index contributed by atoms with van der Waals surface area (Å²) in [6, 6.07) is 114. The van der Waals surface area contributed by atoms with Gasteiger partial charge in [0.15, 0.2) is 8.07 Å². The van der Waals surface area contributed by atoms with Gasteiger partial charge in [0.05, 0.1) is 16.4 Å². The fraction of sp³-hybridized carbons (Fsp3) is 0.191. The van der Waals surface area contributed by atoms with Crippen molar-refractivity contribution in [2.24, 2.45) is 0 Å². The van der Waals surface area contributed by atoms with Crippen LogP contribution in [0.3, 0.4) is 0 Å². The fourth-order valence-corrected chi connectivity index (χ4v) is 20.2. The predicted molar refractivity (Wildman–Crippen MR) is 400 cm³/mol. The zero-order valence-corrected chi connectivity index (χ0v) is 57.1. The van der Waals surface area contributed by atoms with Gasteiger partial charge in [-0.2, -0.15) is 0 Å². The minimum atomic E-state index is -3.09. The number of anilines is 6. The average molecular weight is 1220 g/mol. The number of hydrogen-bond donors (Lipinski definition) is 0. The molecule has 2 heterocycles. The number of benzene rings is 12. The molecule has 1 aliphatic rings. The summed E-state index contributed by atoms with van der Waals surface area (Å²) in [5.41, 5.74) is 19.9. The Balaban J connectivity index is 1.00. The Morgan fingerprint density at radius 1 is 0.280 bits per heavy atom. The van der Waals surface area contributed by atoms with Gasteiger partial charge in [0.1, 0.15) is 0 Å². The van der Waals surface area contributed by atoms with E-state index in [0.717, 1.165) is 50.8 Å². The van der Waals surface area contributed by atoms with Crippen molar-refractivity contribution < 1.29 is 0 Å². The Morgan fingerprint density at radius 3 is 0.903 bits per heavy atom. The molecule has 0 N–H and O–H groups in total. The Labute approximate surface area is 553 Å². The zero-order chi connectivity index (χ0) is 64.7. The van der Waals surface area contributed by atoms with E-state index in [1.54, 1.807) is 0 Å². The lowest BCUT2D eigenvalue weighted by atomic mass is 9.65. The minimum absolute atomic E-state index is 0.0117. The third kappa shape index (κ3) is 10.5. The second-order valence-electron chi connectivity index (χ2n) is 29.8. The third-order valence-corrected chi connectivity index (χ3v) is 24.8. The Morgan fingerprint density at radius 2 is 0.570 bits per heavy atom. The van der Waals surface area contributed by atoms with Crippen LogP contribution in [-0.2, 0) is 27.1 Å². The lowest BCUT2D eigenvalue weighted by Gasteiger charge is -2.49. The molecule has 0 amide bonds. The second kappa shape index (κ2) is 23.1. The van der Waals surface area contributed by atoms with Gasteiger partial charge in [-0.25, -0.2) is 0 Å². The Kier molecular flexibility index (Phi) is 15.1. The first-order chi connectivity index (χ1) is 44.6. The summed E-state index contributed by atoms with van der Waals surface area (Å²) in [5, 5.41) is 7.86. The van der Waals surface area contributed by atoms with Gasteiger partial charge in [-0.15, -0.1) is 0 Å². The lowest BCUT2D eigenvalue weighted by Crippen LogP contribution is -2.79. The smallest absolute Gasteiger partial charge is 0.180 e. The maximum absolute atomic E-state index is 3.09. The molecule has 1 aromatic heterocycles. The van der Waals surface area contributed by atoms with Crippen LogP contribution in [0.4, 0.5) is 34.1 Å². The number of fused-ring (bicyclic) bond motifs is 5. The van der Waals surface area contributed by atoms with Gasteiger partial charge in [-0.3, -0.25) is 0 Å². The van der Waals surface area contributed by atoms with Gasteiger partial charge in [-0.05, 0) is 184 Å². The largest absolute Gasteiger partial charge is 0.310 e. The Bertz CT molecular complexity index is 4440. The highest BCUT2D eigenvalue weighted by atomic mass is 28.3. The van der Waals surface area contributed by atoms with Crippen LogP contribution in [0, 0.1) is 0 Å². The van der Waals surface area contributed by atoms with Gasteiger partial charge >= 0.3 is 0 Å². The topological polar surface area (TPSA) is 11.4 Å². The van der Waals surface area contributed by atoms with E-state index in [-0.39, 0.29) is 21.7 Å². The highest BCUT2D eigenvalue weighted by molar-refractivity contribution is 7.20. The summed E-state index contributed by atoms with van der Waals surface area (Å²) in [5.74, 6) is 0. The molecular weight excluding hydrogens is 1140 g/mol. The van der Waals surface area contributed by atoms with E-state index < -0.39 is 13.5 Å². The van der Waals surface area contributed by atoms with Crippen molar-refractivity contribution in [2.45, 2.75) is 110 Å².